The summed E-state index contributed by atoms with van der Waals surface area (Å²) in [5, 5.41) is 0. The minimum atomic E-state index is -2.00. The van der Waals surface area contributed by atoms with Gasteiger partial charge in [-0.05, 0) is 44.1 Å². The van der Waals surface area contributed by atoms with Crippen molar-refractivity contribution in [2.45, 2.75) is 70.9 Å². The molecule has 2 rings (SSSR count). The van der Waals surface area contributed by atoms with Crippen LogP contribution in [0.5, 0.6) is 0 Å². The van der Waals surface area contributed by atoms with Gasteiger partial charge in [0, 0.05) is 5.54 Å². The molecular formula is C12H28O3Si3. The Bertz CT molecular complexity index is 310. The second kappa shape index (κ2) is 4.82. The van der Waals surface area contributed by atoms with Crippen LogP contribution in [0.2, 0.25) is 37.3 Å². The van der Waals surface area contributed by atoms with Crippen molar-refractivity contribution in [1.82, 2.24) is 0 Å². The maximum atomic E-state index is 6.53. The summed E-state index contributed by atoms with van der Waals surface area (Å²) >= 11 is 0. The van der Waals surface area contributed by atoms with Gasteiger partial charge in [-0.15, -0.1) is 0 Å². The molecular weight excluding hydrogens is 276 g/mol. The van der Waals surface area contributed by atoms with Crippen molar-refractivity contribution in [3.8, 4) is 0 Å². The fourth-order valence-corrected chi connectivity index (χ4v) is 20.6. The monoisotopic (exact) mass is 304 g/mol. The Kier molecular flexibility index (Phi) is 4.00. The lowest BCUT2D eigenvalue weighted by Gasteiger charge is -2.50. The van der Waals surface area contributed by atoms with E-state index in [0.717, 1.165) is 23.5 Å². The first kappa shape index (κ1) is 14.9. The predicted molar refractivity (Wildman–Crippen MR) is 81.2 cm³/mol. The van der Waals surface area contributed by atoms with Gasteiger partial charge in [0.05, 0.1) is 0 Å². The first-order valence-corrected chi connectivity index (χ1v) is 14.8. The molecule has 6 heteroatoms. The first-order valence-electron chi connectivity index (χ1n) is 7.40. The lowest BCUT2D eigenvalue weighted by atomic mass is 10.3. The van der Waals surface area contributed by atoms with Gasteiger partial charge in [-0.2, -0.15) is 0 Å². The lowest BCUT2D eigenvalue weighted by molar-refractivity contribution is 0.221. The van der Waals surface area contributed by atoms with Crippen LogP contribution in [-0.2, 0) is 12.3 Å². The van der Waals surface area contributed by atoms with E-state index >= 15 is 0 Å². The summed E-state index contributed by atoms with van der Waals surface area (Å²) in [5.74, 6) is 0.852. The van der Waals surface area contributed by atoms with Crippen LogP contribution in [0.4, 0.5) is 0 Å². The van der Waals surface area contributed by atoms with E-state index < -0.39 is 25.7 Å². The molecule has 0 aromatic carbocycles. The molecule has 2 fully saturated rings. The van der Waals surface area contributed by atoms with Gasteiger partial charge in [0.2, 0.25) is 0 Å². The zero-order valence-electron chi connectivity index (χ0n) is 12.7. The van der Waals surface area contributed by atoms with Gasteiger partial charge in [0.25, 0.3) is 0 Å². The van der Waals surface area contributed by atoms with Gasteiger partial charge < -0.3 is 12.3 Å². The molecule has 4 atom stereocenters. The van der Waals surface area contributed by atoms with Crippen LogP contribution < -0.4 is 0 Å². The van der Waals surface area contributed by atoms with E-state index in [1.165, 1.54) is 12.8 Å². The molecule has 0 amide bonds. The van der Waals surface area contributed by atoms with Gasteiger partial charge in [-0.1, -0.05) is 27.2 Å². The van der Waals surface area contributed by atoms with E-state index in [-0.39, 0.29) is 0 Å². The Morgan fingerprint density at radius 1 is 0.889 bits per heavy atom. The Hall–Kier alpha value is 0.531. The number of hydrogen-bond donors (Lipinski definition) is 0. The molecule has 0 bridgehead atoms. The fraction of sp³-hybridized carbons (Fsp3) is 1.00. The van der Waals surface area contributed by atoms with Gasteiger partial charge >= 0.3 is 25.7 Å². The van der Waals surface area contributed by atoms with E-state index in [9.17, 15) is 0 Å². The topological polar surface area (TPSA) is 27.7 Å². The molecule has 4 unspecified atom stereocenters. The van der Waals surface area contributed by atoms with Crippen LogP contribution in [0, 0.1) is 5.92 Å². The molecule has 0 aromatic rings. The predicted octanol–water partition coefficient (Wildman–Crippen LogP) is 4.11. The highest BCUT2D eigenvalue weighted by Gasteiger charge is 2.63. The van der Waals surface area contributed by atoms with E-state index in [2.05, 4.69) is 40.4 Å². The highest BCUT2D eigenvalue weighted by atomic mass is 28.5. The Morgan fingerprint density at radius 2 is 1.39 bits per heavy atom. The molecule has 0 N–H and O–H groups in total. The third-order valence-corrected chi connectivity index (χ3v) is 19.4. The van der Waals surface area contributed by atoms with Crippen molar-refractivity contribution < 1.29 is 12.3 Å². The van der Waals surface area contributed by atoms with Crippen LogP contribution in [0.25, 0.3) is 0 Å². The van der Waals surface area contributed by atoms with E-state index in [1.807, 2.05) is 0 Å². The normalized spacial score (nSPS) is 52.3. The summed E-state index contributed by atoms with van der Waals surface area (Å²) in [6, 6.07) is 2.09. The van der Waals surface area contributed by atoms with Crippen molar-refractivity contribution >= 4 is 25.7 Å². The van der Waals surface area contributed by atoms with E-state index in [1.54, 1.807) is 0 Å². The number of rotatable bonds is 4. The second-order valence-corrected chi connectivity index (χ2v) is 17.5. The molecule has 1 heterocycles. The first-order chi connectivity index (χ1) is 8.30. The highest BCUT2D eigenvalue weighted by Crippen LogP contribution is 2.57. The summed E-state index contributed by atoms with van der Waals surface area (Å²) < 4.78 is 19.4. The van der Waals surface area contributed by atoms with Gasteiger partial charge in [-0.25, -0.2) is 0 Å². The third kappa shape index (κ3) is 2.69. The summed E-state index contributed by atoms with van der Waals surface area (Å²) in [4.78, 5) is 0. The third-order valence-electron chi connectivity index (χ3n) is 4.67. The number of hydrogen-bond acceptors (Lipinski definition) is 3. The average Bonchev–Trinajstić information content (AvgIpc) is 3.07. The minimum absolute atomic E-state index is 0.725. The van der Waals surface area contributed by atoms with Crippen molar-refractivity contribution in [3.05, 3.63) is 0 Å². The molecule has 1 aliphatic carbocycles. The smallest absolute Gasteiger partial charge is 0.320 e. The zero-order valence-corrected chi connectivity index (χ0v) is 15.7. The molecule has 0 aromatic heterocycles. The summed E-state index contributed by atoms with van der Waals surface area (Å²) in [6.07, 6.45) is 2.59. The SMILES string of the molecule is CCC1CC1[Si]1(C)O[Si](C)(CC)O[Si](C)(CC)O1. The van der Waals surface area contributed by atoms with Crippen LogP contribution in [-0.4, -0.2) is 25.7 Å². The second-order valence-electron chi connectivity index (χ2n) is 6.31. The molecule has 1 saturated carbocycles. The molecule has 1 saturated heterocycles. The Balaban J connectivity index is 2.20. The fourth-order valence-electron chi connectivity index (χ4n) is 3.16. The standard InChI is InChI=1S/C12H28O3Si3/c1-7-11-10-12(11)18(6)14-16(4,8-2)13-17(5,9-3)15-18/h11-12H,7-10H2,1-6H3. The van der Waals surface area contributed by atoms with E-state index in [4.69, 9.17) is 12.3 Å². The lowest BCUT2D eigenvalue weighted by Crippen LogP contribution is -2.67. The molecule has 0 spiro atoms. The average molecular weight is 305 g/mol. The molecule has 18 heavy (non-hydrogen) atoms. The van der Waals surface area contributed by atoms with Gasteiger partial charge in [0.1, 0.15) is 0 Å². The van der Waals surface area contributed by atoms with Gasteiger partial charge in [-0.3, -0.25) is 0 Å². The van der Waals surface area contributed by atoms with Crippen molar-refractivity contribution in [3.63, 3.8) is 0 Å². The van der Waals surface area contributed by atoms with Crippen molar-refractivity contribution in [2.24, 2.45) is 5.92 Å². The molecule has 0 radical (unpaired) electrons. The van der Waals surface area contributed by atoms with Crippen LogP contribution in [0.1, 0.15) is 33.6 Å². The quantitative estimate of drug-likeness (QED) is 0.732. The Morgan fingerprint density at radius 3 is 1.72 bits per heavy atom. The van der Waals surface area contributed by atoms with Crippen LogP contribution in [0.15, 0.2) is 0 Å². The van der Waals surface area contributed by atoms with Gasteiger partial charge in [0.15, 0.2) is 0 Å². The van der Waals surface area contributed by atoms with Crippen molar-refractivity contribution in [1.29, 1.82) is 0 Å². The molecule has 2 aliphatic rings. The van der Waals surface area contributed by atoms with Crippen LogP contribution in [0.3, 0.4) is 0 Å². The highest BCUT2D eigenvalue weighted by molar-refractivity contribution is 6.94. The van der Waals surface area contributed by atoms with Crippen molar-refractivity contribution in [2.75, 3.05) is 0 Å². The maximum absolute atomic E-state index is 6.53. The maximum Gasteiger partial charge on any atom is 0.320 e. The molecule has 3 nitrogen and oxygen atoms in total. The zero-order chi connectivity index (χ0) is 13.6. The molecule has 1 aliphatic heterocycles. The van der Waals surface area contributed by atoms with Crippen LogP contribution >= 0.6 is 0 Å². The van der Waals surface area contributed by atoms with E-state index in [0.29, 0.717) is 0 Å². The Labute approximate surface area is 115 Å². The minimum Gasteiger partial charge on any atom is -0.416 e. The molecule has 106 valence electrons. The summed E-state index contributed by atoms with van der Waals surface area (Å²) in [6.45, 7) is 13.5. The summed E-state index contributed by atoms with van der Waals surface area (Å²) in [7, 11) is -5.94. The largest absolute Gasteiger partial charge is 0.416 e. The summed E-state index contributed by atoms with van der Waals surface area (Å²) in [5.41, 5.74) is 0.725.